The van der Waals surface area contributed by atoms with Crippen LogP contribution in [0.15, 0.2) is 18.2 Å². The molecule has 1 aromatic heterocycles. The molecule has 2 unspecified atom stereocenters. The topological polar surface area (TPSA) is 72.2 Å². The number of nitrogens with one attached hydrogen (secondary N) is 1. The van der Waals surface area contributed by atoms with Gasteiger partial charge >= 0.3 is 0 Å². The second-order valence-electron chi connectivity index (χ2n) is 10.0. The lowest BCUT2D eigenvalue weighted by atomic mass is 9.43. The van der Waals surface area contributed by atoms with Crippen LogP contribution in [-0.4, -0.2) is 16.4 Å². The lowest BCUT2D eigenvalue weighted by Gasteiger charge is -2.65. The van der Waals surface area contributed by atoms with Crippen LogP contribution in [0.25, 0.3) is 10.1 Å². The summed E-state index contributed by atoms with van der Waals surface area (Å²) in [5.41, 5.74) is 0.415. The molecule has 0 saturated heterocycles. The first-order valence-electron chi connectivity index (χ1n) is 9.79. The van der Waals surface area contributed by atoms with E-state index in [0.29, 0.717) is 36.7 Å². The minimum absolute atomic E-state index is 0.00160. The first-order valence-corrected chi connectivity index (χ1v) is 11.0. The minimum atomic E-state index is -0.419. The largest absolute Gasteiger partial charge is 0.346 e. The van der Waals surface area contributed by atoms with Crippen molar-refractivity contribution >= 4 is 44.6 Å². The predicted molar refractivity (Wildman–Crippen MR) is 111 cm³/mol. The van der Waals surface area contributed by atoms with E-state index in [-0.39, 0.29) is 17.1 Å². The van der Waals surface area contributed by atoms with Crippen LogP contribution in [0.1, 0.15) is 62.0 Å². The maximum atomic E-state index is 13.3. The van der Waals surface area contributed by atoms with Crippen molar-refractivity contribution in [3.8, 4) is 0 Å². The van der Waals surface area contributed by atoms with Crippen LogP contribution in [0.4, 0.5) is 5.69 Å². The highest BCUT2D eigenvalue weighted by molar-refractivity contribution is 7.22. The van der Waals surface area contributed by atoms with E-state index in [1.807, 2.05) is 0 Å². The zero-order valence-electron chi connectivity index (χ0n) is 16.0. The van der Waals surface area contributed by atoms with Crippen molar-refractivity contribution in [2.45, 2.75) is 57.9 Å². The number of halogens is 1. The minimum Gasteiger partial charge on any atom is -0.346 e. The Morgan fingerprint density at radius 1 is 1.21 bits per heavy atom. The lowest BCUT2D eigenvalue weighted by Crippen LogP contribution is -2.65. The number of hydrogen-bond donors (Lipinski definition) is 1. The Kier molecular flexibility index (Phi) is 3.74. The summed E-state index contributed by atoms with van der Waals surface area (Å²) in [5, 5.41) is 15.6. The van der Waals surface area contributed by atoms with Gasteiger partial charge in [0.25, 0.3) is 11.6 Å². The number of fused-ring (bicyclic) bond motifs is 1. The van der Waals surface area contributed by atoms with E-state index < -0.39 is 4.92 Å². The third kappa shape index (κ3) is 2.68. The van der Waals surface area contributed by atoms with Crippen LogP contribution in [-0.2, 0) is 0 Å². The van der Waals surface area contributed by atoms with Gasteiger partial charge in [-0.15, -0.1) is 11.3 Å². The summed E-state index contributed by atoms with van der Waals surface area (Å²) in [6.45, 7) is 4.73. The van der Waals surface area contributed by atoms with E-state index in [2.05, 4.69) is 19.2 Å². The Morgan fingerprint density at radius 2 is 1.89 bits per heavy atom. The van der Waals surface area contributed by atoms with Crippen LogP contribution >= 0.6 is 22.9 Å². The number of nitro benzene ring substituents is 1. The van der Waals surface area contributed by atoms with Crippen molar-refractivity contribution in [1.82, 2.24) is 5.32 Å². The molecule has 28 heavy (non-hydrogen) atoms. The van der Waals surface area contributed by atoms with Crippen molar-refractivity contribution < 1.29 is 9.72 Å². The Hall–Kier alpha value is -1.66. The van der Waals surface area contributed by atoms with Gasteiger partial charge in [0, 0.05) is 17.0 Å². The number of nitro groups is 1. The highest BCUT2D eigenvalue weighted by Crippen LogP contribution is 2.66. The highest BCUT2D eigenvalue weighted by Gasteiger charge is 2.60. The van der Waals surface area contributed by atoms with Crippen LogP contribution in [0.3, 0.4) is 0 Å². The van der Waals surface area contributed by atoms with Gasteiger partial charge in [0.1, 0.15) is 9.58 Å². The summed E-state index contributed by atoms with van der Waals surface area (Å²) in [4.78, 5) is 24.6. The molecular formula is C21H23ClN2O3S. The molecule has 2 aromatic rings. The second-order valence-corrected chi connectivity index (χ2v) is 11.4. The first kappa shape index (κ1) is 18.4. The van der Waals surface area contributed by atoms with Gasteiger partial charge in [0.15, 0.2) is 0 Å². The molecule has 0 spiro atoms. The standard InChI is InChI=1S/C21H23ClN2O3S/c1-19-6-12-7-20(2,9-19)11-21(8-12,10-19)23-18(25)17-15(22)13-4-3-5-14(24(26)27)16(13)28-17/h3-5,12H,6-11H2,1-2H3,(H,23,25). The Labute approximate surface area is 172 Å². The Balaban J connectivity index is 1.51. The number of non-ortho nitro benzene ring substituents is 1. The summed E-state index contributed by atoms with van der Waals surface area (Å²) in [7, 11) is 0. The van der Waals surface area contributed by atoms with E-state index >= 15 is 0 Å². The maximum Gasteiger partial charge on any atom is 0.287 e. The molecule has 4 saturated carbocycles. The fourth-order valence-corrected chi connectivity index (χ4v) is 8.74. The SMILES string of the molecule is CC12CC3CC(C)(C1)CC(NC(=O)c1sc4c([N+](=O)[O-])cccc4c1Cl)(C3)C2. The van der Waals surface area contributed by atoms with Crippen LogP contribution in [0.5, 0.6) is 0 Å². The number of nitrogens with zero attached hydrogens (tertiary/aromatic N) is 1. The molecule has 1 aromatic carbocycles. The lowest BCUT2D eigenvalue weighted by molar-refractivity contribution is -0.382. The van der Waals surface area contributed by atoms with E-state index in [1.165, 1.54) is 25.3 Å². The van der Waals surface area contributed by atoms with Gasteiger partial charge < -0.3 is 5.32 Å². The molecule has 148 valence electrons. The Bertz CT molecular complexity index is 1010. The summed E-state index contributed by atoms with van der Waals surface area (Å²) >= 11 is 7.62. The van der Waals surface area contributed by atoms with Gasteiger partial charge in [-0.2, -0.15) is 0 Å². The van der Waals surface area contributed by atoms with E-state index in [1.54, 1.807) is 12.1 Å². The van der Waals surface area contributed by atoms with Crippen molar-refractivity contribution in [2.24, 2.45) is 16.7 Å². The quantitative estimate of drug-likeness (QED) is 0.495. The average Bonchev–Trinajstić information content (AvgIpc) is 2.88. The number of thiophene rings is 1. The summed E-state index contributed by atoms with van der Waals surface area (Å²) in [6, 6.07) is 4.81. The molecule has 5 nitrogen and oxygen atoms in total. The van der Waals surface area contributed by atoms with Crippen molar-refractivity contribution in [2.75, 3.05) is 0 Å². The summed E-state index contributed by atoms with van der Waals surface area (Å²) < 4.78 is 0.465. The zero-order chi connectivity index (χ0) is 19.9. The van der Waals surface area contributed by atoms with Crippen molar-refractivity contribution in [3.05, 3.63) is 38.2 Å². The first-order chi connectivity index (χ1) is 13.1. The normalized spacial score (nSPS) is 36.0. The Morgan fingerprint density at radius 3 is 2.50 bits per heavy atom. The zero-order valence-corrected chi connectivity index (χ0v) is 17.6. The van der Waals surface area contributed by atoms with Gasteiger partial charge in [-0.1, -0.05) is 37.6 Å². The molecular weight excluding hydrogens is 396 g/mol. The number of rotatable bonds is 3. The molecule has 6 rings (SSSR count). The van der Waals surface area contributed by atoms with Gasteiger partial charge in [-0.3, -0.25) is 14.9 Å². The van der Waals surface area contributed by atoms with Crippen LogP contribution in [0, 0.1) is 26.9 Å². The summed E-state index contributed by atoms with van der Waals surface area (Å²) in [5.74, 6) is 0.486. The number of hydrogen-bond acceptors (Lipinski definition) is 4. The number of amides is 1. The smallest absolute Gasteiger partial charge is 0.287 e. The summed E-state index contributed by atoms with van der Waals surface area (Å²) in [6.07, 6.45) is 6.82. The molecule has 7 heteroatoms. The second kappa shape index (κ2) is 5.70. The molecule has 1 heterocycles. The maximum absolute atomic E-state index is 13.3. The van der Waals surface area contributed by atoms with Crippen molar-refractivity contribution in [1.29, 1.82) is 0 Å². The van der Waals surface area contributed by atoms with Gasteiger partial charge in [0.2, 0.25) is 0 Å². The fourth-order valence-electron chi connectivity index (χ4n) is 7.25. The van der Waals surface area contributed by atoms with Gasteiger partial charge in [-0.05, 0) is 55.3 Å². The molecule has 0 radical (unpaired) electrons. The molecule has 4 bridgehead atoms. The van der Waals surface area contributed by atoms with Crippen LogP contribution < -0.4 is 5.32 Å². The van der Waals surface area contributed by atoms with Crippen molar-refractivity contribution in [3.63, 3.8) is 0 Å². The molecule has 1 N–H and O–H groups in total. The third-order valence-corrected chi connectivity index (χ3v) is 8.77. The molecule has 0 aliphatic heterocycles. The monoisotopic (exact) mass is 418 g/mol. The average molecular weight is 419 g/mol. The van der Waals surface area contributed by atoms with E-state index in [9.17, 15) is 14.9 Å². The number of benzene rings is 1. The molecule has 4 fully saturated rings. The number of carbonyl (C=O) groups excluding carboxylic acids is 1. The molecule has 4 aliphatic rings. The van der Waals surface area contributed by atoms with E-state index in [4.69, 9.17) is 11.6 Å². The molecule has 4 aliphatic carbocycles. The fraction of sp³-hybridized carbons (Fsp3) is 0.571. The number of carbonyl (C=O) groups is 1. The predicted octanol–water partition coefficient (Wildman–Crippen LogP) is 5.94. The third-order valence-electron chi connectivity index (χ3n) is 7.04. The highest BCUT2D eigenvalue weighted by atomic mass is 35.5. The molecule has 2 atom stereocenters. The van der Waals surface area contributed by atoms with E-state index in [0.717, 1.165) is 30.6 Å². The van der Waals surface area contributed by atoms with Gasteiger partial charge in [0.05, 0.1) is 9.95 Å². The van der Waals surface area contributed by atoms with Crippen LogP contribution in [0.2, 0.25) is 5.02 Å². The molecule has 1 amide bonds. The van der Waals surface area contributed by atoms with Gasteiger partial charge in [-0.25, -0.2) is 0 Å².